The van der Waals surface area contributed by atoms with E-state index in [1.807, 2.05) is 55.5 Å². The van der Waals surface area contributed by atoms with E-state index in [9.17, 15) is 0 Å². The van der Waals surface area contributed by atoms with Crippen LogP contribution in [-0.2, 0) is 6.54 Å². The van der Waals surface area contributed by atoms with Crippen LogP contribution in [0.4, 0.5) is 5.69 Å². The van der Waals surface area contributed by atoms with Gasteiger partial charge in [-0.2, -0.15) is 4.98 Å². The summed E-state index contributed by atoms with van der Waals surface area (Å²) in [7, 11) is 1.63. The summed E-state index contributed by atoms with van der Waals surface area (Å²) in [5, 5.41) is 10.6. The Bertz CT molecular complexity index is 844. The zero-order valence-electron chi connectivity index (χ0n) is 13.9. The van der Waals surface area contributed by atoms with E-state index in [2.05, 4.69) is 20.8 Å². The average Bonchev–Trinajstić information content (AvgIpc) is 3.10. The lowest BCUT2D eigenvalue weighted by molar-refractivity contribution is 0.376. The van der Waals surface area contributed by atoms with Crippen molar-refractivity contribution in [2.75, 3.05) is 12.4 Å². The Hall–Kier alpha value is -2.93. The Morgan fingerprint density at radius 3 is 2.52 bits per heavy atom. The molecule has 0 atom stereocenters. The summed E-state index contributed by atoms with van der Waals surface area (Å²) in [4.78, 5) is 4.37. The number of thiocarbonyl (C=S) groups is 1. The summed E-state index contributed by atoms with van der Waals surface area (Å²) in [6.45, 7) is 2.38. The quantitative estimate of drug-likeness (QED) is 0.679. The molecule has 3 rings (SSSR count). The number of aromatic nitrogens is 2. The highest BCUT2D eigenvalue weighted by Crippen LogP contribution is 2.17. The first-order valence-electron chi connectivity index (χ1n) is 7.72. The predicted octanol–water partition coefficient (Wildman–Crippen LogP) is 3.54. The highest BCUT2D eigenvalue weighted by atomic mass is 32.1. The van der Waals surface area contributed by atoms with Gasteiger partial charge >= 0.3 is 0 Å². The molecule has 2 N–H and O–H groups in total. The first-order valence-corrected chi connectivity index (χ1v) is 8.13. The van der Waals surface area contributed by atoms with E-state index in [1.54, 1.807) is 7.11 Å². The van der Waals surface area contributed by atoms with Gasteiger partial charge in [0.1, 0.15) is 5.75 Å². The van der Waals surface area contributed by atoms with Gasteiger partial charge in [-0.25, -0.2) is 0 Å². The first-order chi connectivity index (χ1) is 12.1. The van der Waals surface area contributed by atoms with E-state index >= 15 is 0 Å². The SMILES string of the molecule is COc1ccc(NC(=S)NCc2nc(-c3ccc(C)cc3)no2)cc1. The number of aryl methyl sites for hydroxylation is 1. The maximum atomic E-state index is 5.27. The fraction of sp³-hybridized carbons (Fsp3) is 0.167. The van der Waals surface area contributed by atoms with E-state index in [-0.39, 0.29) is 0 Å². The second-order valence-electron chi connectivity index (χ2n) is 5.41. The Balaban J connectivity index is 1.54. The molecule has 0 unspecified atom stereocenters. The highest BCUT2D eigenvalue weighted by molar-refractivity contribution is 7.80. The number of nitrogens with one attached hydrogen (secondary N) is 2. The van der Waals surface area contributed by atoms with Crippen molar-refractivity contribution in [3.63, 3.8) is 0 Å². The van der Waals surface area contributed by atoms with Gasteiger partial charge in [0, 0.05) is 11.3 Å². The molecule has 1 heterocycles. The molecule has 0 saturated heterocycles. The van der Waals surface area contributed by atoms with Gasteiger partial charge in [0.05, 0.1) is 13.7 Å². The Morgan fingerprint density at radius 2 is 1.84 bits per heavy atom. The lowest BCUT2D eigenvalue weighted by Gasteiger charge is -2.09. The van der Waals surface area contributed by atoms with Crippen LogP contribution in [-0.4, -0.2) is 22.4 Å². The van der Waals surface area contributed by atoms with Crippen molar-refractivity contribution in [1.29, 1.82) is 0 Å². The van der Waals surface area contributed by atoms with Crippen molar-refractivity contribution in [2.24, 2.45) is 0 Å². The lowest BCUT2D eigenvalue weighted by Crippen LogP contribution is -2.27. The normalized spacial score (nSPS) is 10.3. The molecule has 0 saturated carbocycles. The second kappa shape index (κ2) is 7.76. The van der Waals surface area contributed by atoms with Crippen molar-refractivity contribution >= 4 is 23.0 Å². The van der Waals surface area contributed by atoms with E-state index in [0.717, 1.165) is 17.0 Å². The number of hydrogen-bond acceptors (Lipinski definition) is 5. The molecule has 25 heavy (non-hydrogen) atoms. The number of benzene rings is 2. The summed E-state index contributed by atoms with van der Waals surface area (Å²) in [6.07, 6.45) is 0. The number of hydrogen-bond donors (Lipinski definition) is 2. The van der Waals surface area contributed by atoms with Gasteiger partial charge in [-0.1, -0.05) is 35.0 Å². The molecule has 0 fully saturated rings. The molecule has 3 aromatic rings. The van der Waals surface area contributed by atoms with Crippen LogP contribution in [0.25, 0.3) is 11.4 Å². The number of ether oxygens (including phenoxy) is 1. The van der Waals surface area contributed by atoms with Crippen molar-refractivity contribution in [1.82, 2.24) is 15.5 Å². The molecule has 1 aromatic heterocycles. The zero-order valence-corrected chi connectivity index (χ0v) is 14.8. The topological polar surface area (TPSA) is 72.2 Å². The van der Waals surface area contributed by atoms with Gasteiger partial charge in [-0.3, -0.25) is 0 Å². The van der Waals surface area contributed by atoms with E-state index < -0.39 is 0 Å². The number of methoxy groups -OCH3 is 1. The molecule has 7 heteroatoms. The minimum atomic E-state index is 0.348. The number of nitrogens with zero attached hydrogens (tertiary/aromatic N) is 2. The van der Waals surface area contributed by atoms with Gasteiger partial charge < -0.3 is 19.9 Å². The summed E-state index contributed by atoms with van der Waals surface area (Å²) < 4.78 is 10.4. The van der Waals surface area contributed by atoms with Crippen LogP contribution in [0.3, 0.4) is 0 Å². The molecule has 128 valence electrons. The van der Waals surface area contributed by atoms with Crippen LogP contribution in [0, 0.1) is 6.92 Å². The van der Waals surface area contributed by atoms with Crippen LogP contribution in [0.2, 0.25) is 0 Å². The monoisotopic (exact) mass is 354 g/mol. The van der Waals surface area contributed by atoms with Gasteiger partial charge in [0.25, 0.3) is 0 Å². The van der Waals surface area contributed by atoms with Crippen LogP contribution in [0.15, 0.2) is 53.1 Å². The number of anilines is 1. The highest BCUT2D eigenvalue weighted by Gasteiger charge is 2.09. The van der Waals surface area contributed by atoms with Gasteiger partial charge in [-0.05, 0) is 43.4 Å². The lowest BCUT2D eigenvalue weighted by atomic mass is 10.1. The van der Waals surface area contributed by atoms with Crippen molar-refractivity contribution in [3.05, 3.63) is 60.0 Å². The number of rotatable bonds is 5. The van der Waals surface area contributed by atoms with Crippen LogP contribution < -0.4 is 15.4 Å². The van der Waals surface area contributed by atoms with Crippen LogP contribution >= 0.6 is 12.2 Å². The summed E-state index contributed by atoms with van der Waals surface area (Å²) >= 11 is 5.27. The third-order valence-electron chi connectivity index (χ3n) is 3.53. The van der Waals surface area contributed by atoms with Crippen molar-refractivity contribution in [2.45, 2.75) is 13.5 Å². The third kappa shape index (κ3) is 4.54. The molecular formula is C18H18N4O2S. The standard InChI is InChI=1S/C18H18N4O2S/c1-12-3-5-13(6-4-12)17-21-16(24-22-17)11-19-18(25)20-14-7-9-15(23-2)10-8-14/h3-10H,11H2,1-2H3,(H2,19,20,25). The Kier molecular flexibility index (Phi) is 5.25. The van der Waals surface area contributed by atoms with Crippen LogP contribution in [0.1, 0.15) is 11.5 Å². The molecule has 0 aliphatic carbocycles. The molecule has 0 aliphatic heterocycles. The second-order valence-corrected chi connectivity index (χ2v) is 5.82. The first kappa shape index (κ1) is 16.9. The van der Waals surface area contributed by atoms with Crippen LogP contribution in [0.5, 0.6) is 5.75 Å². The maximum Gasteiger partial charge on any atom is 0.246 e. The van der Waals surface area contributed by atoms with Gasteiger partial charge in [-0.15, -0.1) is 0 Å². The van der Waals surface area contributed by atoms with Gasteiger partial charge in [0.15, 0.2) is 5.11 Å². The van der Waals surface area contributed by atoms with Crippen molar-refractivity contribution in [3.8, 4) is 17.1 Å². The summed E-state index contributed by atoms with van der Waals surface area (Å²) in [5.74, 6) is 1.82. The molecule has 0 amide bonds. The molecule has 2 aromatic carbocycles. The van der Waals surface area contributed by atoms with E-state index in [1.165, 1.54) is 5.56 Å². The van der Waals surface area contributed by atoms with E-state index in [0.29, 0.717) is 23.4 Å². The fourth-order valence-corrected chi connectivity index (χ4v) is 2.34. The Morgan fingerprint density at radius 1 is 1.12 bits per heavy atom. The minimum Gasteiger partial charge on any atom is -0.497 e. The molecule has 0 bridgehead atoms. The maximum absolute atomic E-state index is 5.27. The molecule has 6 nitrogen and oxygen atoms in total. The molecule has 0 radical (unpaired) electrons. The Labute approximate surface area is 151 Å². The average molecular weight is 354 g/mol. The summed E-state index contributed by atoms with van der Waals surface area (Å²) in [5.41, 5.74) is 2.97. The minimum absolute atomic E-state index is 0.348. The van der Waals surface area contributed by atoms with Gasteiger partial charge in [0.2, 0.25) is 11.7 Å². The predicted molar refractivity (Wildman–Crippen MR) is 101 cm³/mol. The molecule has 0 aliphatic rings. The third-order valence-corrected chi connectivity index (χ3v) is 3.77. The van der Waals surface area contributed by atoms with E-state index in [4.69, 9.17) is 21.5 Å². The summed E-state index contributed by atoms with van der Waals surface area (Å²) in [6, 6.07) is 15.4. The largest absolute Gasteiger partial charge is 0.497 e. The smallest absolute Gasteiger partial charge is 0.246 e. The molecule has 0 spiro atoms. The molecular weight excluding hydrogens is 336 g/mol. The van der Waals surface area contributed by atoms with Crippen molar-refractivity contribution < 1.29 is 9.26 Å². The fourth-order valence-electron chi connectivity index (χ4n) is 2.15. The zero-order chi connectivity index (χ0) is 17.6.